The molecule has 0 rings (SSSR count). The van der Waals surface area contributed by atoms with Crippen LogP contribution in [-0.4, -0.2) is 29.1 Å². The second-order valence-electron chi connectivity index (χ2n) is 13.4. The number of aliphatic hydroxyl groups excluding tert-OH is 1. The van der Waals surface area contributed by atoms with E-state index in [0.717, 1.165) is 38.5 Å². The van der Waals surface area contributed by atoms with Gasteiger partial charge in [-0.05, 0) is 12.8 Å². The Balaban J connectivity index is 3.77. The van der Waals surface area contributed by atoms with Crippen molar-refractivity contribution in [2.45, 2.75) is 219 Å². The maximum atomic E-state index is 12.7. The monoisotopic (exact) mass is 607 g/mol. The van der Waals surface area contributed by atoms with Crippen LogP contribution in [0.4, 0.5) is 0 Å². The van der Waals surface area contributed by atoms with Crippen molar-refractivity contribution in [3.05, 3.63) is 0 Å². The van der Waals surface area contributed by atoms with Gasteiger partial charge in [0.2, 0.25) is 0 Å². The molecule has 43 heavy (non-hydrogen) atoms. The first kappa shape index (κ1) is 42.0. The van der Waals surface area contributed by atoms with Gasteiger partial charge in [0, 0.05) is 12.8 Å². The average Bonchev–Trinajstić information content (AvgIpc) is 3.01. The quantitative estimate of drug-likeness (QED) is 0.0569. The third-order valence-electron chi connectivity index (χ3n) is 9.18. The van der Waals surface area contributed by atoms with Crippen molar-refractivity contribution in [2.24, 2.45) is 5.92 Å². The van der Waals surface area contributed by atoms with E-state index in [1.54, 1.807) is 0 Å². The van der Waals surface area contributed by atoms with Gasteiger partial charge in [-0.2, -0.15) is 0 Å². The van der Waals surface area contributed by atoms with Gasteiger partial charge in [0.1, 0.15) is 12.5 Å². The minimum atomic E-state index is -1.23. The number of hydrogen-bond donors (Lipinski definition) is 1. The minimum Gasteiger partial charge on any atom is -0.389 e. The predicted molar refractivity (Wildman–Crippen MR) is 185 cm³/mol. The first-order chi connectivity index (χ1) is 21.1. The standard InChI is InChI=1S/C39H74O4/c1-3-5-7-9-11-13-15-17-19-21-23-25-27-29-31-33-36(41)39(38(43)35-40)37(42)34-32-30-28-26-24-22-20-18-16-14-12-10-8-6-4-2/h39-40H,3-35H2,1-2H3. The van der Waals surface area contributed by atoms with Gasteiger partial charge in [-0.1, -0.05) is 194 Å². The van der Waals surface area contributed by atoms with Crippen molar-refractivity contribution < 1.29 is 19.5 Å². The number of carbonyl (C=O) groups is 3. The van der Waals surface area contributed by atoms with Crippen molar-refractivity contribution >= 4 is 17.3 Å². The number of aliphatic hydroxyl groups is 1. The fraction of sp³-hybridized carbons (Fsp3) is 0.923. The molecule has 0 aromatic rings. The predicted octanol–water partition coefficient (Wildman–Crippen LogP) is 11.8. The molecule has 0 fully saturated rings. The van der Waals surface area contributed by atoms with Gasteiger partial charge in [-0.15, -0.1) is 0 Å². The molecule has 0 aliphatic heterocycles. The Labute approximate surface area is 268 Å². The fourth-order valence-corrected chi connectivity index (χ4v) is 6.26. The number of hydrogen-bond acceptors (Lipinski definition) is 4. The molecule has 0 aromatic carbocycles. The molecule has 0 saturated heterocycles. The van der Waals surface area contributed by atoms with Crippen LogP contribution in [0.25, 0.3) is 0 Å². The Hall–Kier alpha value is -1.03. The number of rotatable bonds is 36. The van der Waals surface area contributed by atoms with Crippen molar-refractivity contribution in [3.63, 3.8) is 0 Å². The Morgan fingerprint density at radius 2 is 0.558 bits per heavy atom. The lowest BCUT2D eigenvalue weighted by atomic mass is 9.88. The molecule has 254 valence electrons. The number of ketones is 3. The highest BCUT2D eigenvalue weighted by atomic mass is 16.3. The van der Waals surface area contributed by atoms with Crippen LogP contribution in [0.3, 0.4) is 0 Å². The maximum absolute atomic E-state index is 12.7. The van der Waals surface area contributed by atoms with E-state index >= 15 is 0 Å². The lowest BCUT2D eigenvalue weighted by Gasteiger charge is -2.13. The highest BCUT2D eigenvalue weighted by Crippen LogP contribution is 2.18. The molecule has 0 radical (unpaired) electrons. The van der Waals surface area contributed by atoms with Crippen LogP contribution < -0.4 is 0 Å². The molecule has 0 saturated carbocycles. The molecule has 0 atom stereocenters. The van der Waals surface area contributed by atoms with Crippen LogP contribution in [0.15, 0.2) is 0 Å². The van der Waals surface area contributed by atoms with Gasteiger partial charge in [0.25, 0.3) is 0 Å². The highest BCUT2D eigenvalue weighted by Gasteiger charge is 2.31. The molecule has 0 bridgehead atoms. The zero-order valence-electron chi connectivity index (χ0n) is 29.1. The van der Waals surface area contributed by atoms with E-state index in [1.807, 2.05) is 0 Å². The molecular weight excluding hydrogens is 532 g/mol. The summed E-state index contributed by atoms with van der Waals surface area (Å²) in [5, 5.41) is 9.36. The molecule has 0 heterocycles. The summed E-state index contributed by atoms with van der Waals surface area (Å²) < 4.78 is 0. The Bertz CT molecular complexity index is 583. The lowest BCUT2D eigenvalue weighted by molar-refractivity contribution is -0.141. The van der Waals surface area contributed by atoms with Gasteiger partial charge in [-0.3, -0.25) is 14.4 Å². The first-order valence-electron chi connectivity index (χ1n) is 19.3. The largest absolute Gasteiger partial charge is 0.389 e. The van der Waals surface area contributed by atoms with Crippen molar-refractivity contribution in [1.82, 2.24) is 0 Å². The van der Waals surface area contributed by atoms with E-state index in [9.17, 15) is 19.5 Å². The molecule has 0 unspecified atom stereocenters. The third-order valence-corrected chi connectivity index (χ3v) is 9.18. The summed E-state index contributed by atoms with van der Waals surface area (Å²) in [6.07, 6.45) is 38.4. The summed E-state index contributed by atoms with van der Waals surface area (Å²) in [5.74, 6) is -2.40. The second-order valence-corrected chi connectivity index (χ2v) is 13.4. The summed E-state index contributed by atoms with van der Waals surface area (Å²) in [6, 6.07) is 0. The van der Waals surface area contributed by atoms with Crippen molar-refractivity contribution in [1.29, 1.82) is 0 Å². The summed E-state index contributed by atoms with van der Waals surface area (Å²) in [5.41, 5.74) is 0. The fourth-order valence-electron chi connectivity index (χ4n) is 6.26. The van der Waals surface area contributed by atoms with Gasteiger partial charge in [0.05, 0.1) is 0 Å². The van der Waals surface area contributed by atoms with Crippen LogP contribution in [0, 0.1) is 5.92 Å². The molecule has 4 nitrogen and oxygen atoms in total. The van der Waals surface area contributed by atoms with E-state index < -0.39 is 18.3 Å². The normalized spacial score (nSPS) is 11.4. The first-order valence-corrected chi connectivity index (χ1v) is 19.3. The summed E-state index contributed by atoms with van der Waals surface area (Å²) in [6.45, 7) is 3.81. The summed E-state index contributed by atoms with van der Waals surface area (Å²) in [4.78, 5) is 37.7. The molecule has 0 spiro atoms. The van der Waals surface area contributed by atoms with Crippen LogP contribution in [0.1, 0.15) is 219 Å². The lowest BCUT2D eigenvalue weighted by Crippen LogP contribution is -2.33. The zero-order chi connectivity index (χ0) is 31.6. The van der Waals surface area contributed by atoms with Crippen LogP contribution >= 0.6 is 0 Å². The van der Waals surface area contributed by atoms with Crippen molar-refractivity contribution in [3.8, 4) is 0 Å². The Morgan fingerprint density at radius 3 is 0.767 bits per heavy atom. The van der Waals surface area contributed by atoms with E-state index in [1.165, 1.54) is 154 Å². The number of carbonyl (C=O) groups excluding carboxylic acids is 3. The number of Topliss-reactive ketones (excluding diaryl/α,β-unsaturated/α-hetero) is 3. The minimum absolute atomic E-state index is 0.277. The molecule has 0 aliphatic carbocycles. The van der Waals surface area contributed by atoms with Crippen molar-refractivity contribution in [2.75, 3.05) is 6.61 Å². The SMILES string of the molecule is CCCCCCCCCCCCCCCCCC(=O)C(C(=O)CO)C(=O)CCCCCCCCCCCCCCCCC. The molecule has 0 amide bonds. The van der Waals surface area contributed by atoms with Gasteiger partial charge >= 0.3 is 0 Å². The smallest absolute Gasteiger partial charge is 0.176 e. The zero-order valence-corrected chi connectivity index (χ0v) is 29.1. The summed E-state index contributed by atoms with van der Waals surface area (Å²) >= 11 is 0. The maximum Gasteiger partial charge on any atom is 0.176 e. The van der Waals surface area contributed by atoms with Crippen LogP contribution in [0.2, 0.25) is 0 Å². The highest BCUT2D eigenvalue weighted by molar-refractivity contribution is 6.19. The van der Waals surface area contributed by atoms with E-state index in [-0.39, 0.29) is 24.4 Å². The average molecular weight is 607 g/mol. The Kier molecular flexibility index (Phi) is 33.0. The van der Waals surface area contributed by atoms with E-state index in [0.29, 0.717) is 0 Å². The van der Waals surface area contributed by atoms with Gasteiger partial charge < -0.3 is 5.11 Å². The van der Waals surface area contributed by atoms with Crippen LogP contribution in [0.5, 0.6) is 0 Å². The molecule has 1 N–H and O–H groups in total. The van der Waals surface area contributed by atoms with Gasteiger partial charge in [0.15, 0.2) is 17.3 Å². The second kappa shape index (κ2) is 33.9. The molecule has 0 aliphatic rings. The topological polar surface area (TPSA) is 71.4 Å². The van der Waals surface area contributed by atoms with E-state index in [4.69, 9.17) is 0 Å². The van der Waals surface area contributed by atoms with Gasteiger partial charge in [-0.25, -0.2) is 0 Å². The number of unbranched alkanes of at least 4 members (excludes halogenated alkanes) is 28. The summed E-state index contributed by atoms with van der Waals surface area (Å²) in [7, 11) is 0. The van der Waals surface area contributed by atoms with E-state index in [2.05, 4.69) is 13.8 Å². The molecule has 0 aromatic heterocycles. The molecular formula is C39H74O4. The molecule has 4 heteroatoms. The third kappa shape index (κ3) is 28.2. The Morgan fingerprint density at radius 1 is 0.349 bits per heavy atom. The van der Waals surface area contributed by atoms with Crippen LogP contribution in [-0.2, 0) is 14.4 Å².